The van der Waals surface area contributed by atoms with Gasteiger partial charge in [-0.15, -0.1) is 0 Å². The second-order valence-corrected chi connectivity index (χ2v) is 7.16. The van der Waals surface area contributed by atoms with Crippen LogP contribution in [0.1, 0.15) is 44.2 Å². The van der Waals surface area contributed by atoms with Gasteiger partial charge in [-0.05, 0) is 48.6 Å². The Morgan fingerprint density at radius 2 is 1.55 bits per heavy atom. The van der Waals surface area contributed by atoms with E-state index in [9.17, 15) is 35.1 Å². The highest BCUT2D eigenvalue weighted by atomic mass is 19.3. The van der Waals surface area contributed by atoms with Crippen LogP contribution < -0.4 is 0 Å². The van der Waals surface area contributed by atoms with Crippen molar-refractivity contribution in [3.05, 3.63) is 64.8 Å². The summed E-state index contributed by atoms with van der Waals surface area (Å²) >= 11 is 0. The molecule has 0 unspecified atom stereocenters. The molecule has 29 heavy (non-hydrogen) atoms. The van der Waals surface area contributed by atoms with Crippen molar-refractivity contribution in [2.45, 2.75) is 51.4 Å². The third-order valence-electron chi connectivity index (χ3n) is 4.89. The molecule has 1 aromatic carbocycles. The molecule has 1 aliphatic rings. The fourth-order valence-corrected chi connectivity index (χ4v) is 3.34. The van der Waals surface area contributed by atoms with Crippen molar-refractivity contribution in [2.24, 2.45) is 5.92 Å². The monoisotopic (exact) mass is 424 g/mol. The van der Waals surface area contributed by atoms with Gasteiger partial charge in [-0.3, -0.25) is 0 Å². The predicted octanol–water partition coefficient (Wildman–Crippen LogP) is 7.71. The van der Waals surface area contributed by atoms with E-state index >= 15 is 0 Å². The highest BCUT2D eigenvalue weighted by molar-refractivity contribution is 5.79. The molecule has 0 nitrogen and oxygen atoms in total. The molecule has 0 aliphatic heterocycles. The molecule has 1 aliphatic carbocycles. The SMILES string of the molecule is C=C(/C=C(F)\C(=C(/C)F)c1cc(F)c(CCC)c(F)c1)C1CC(F)(F)C(F)(F)C1. The first-order valence-electron chi connectivity index (χ1n) is 8.97. The Kier molecular flexibility index (Phi) is 6.65. The van der Waals surface area contributed by atoms with Crippen LogP contribution in [0.25, 0.3) is 5.57 Å². The number of allylic oxidation sites excluding steroid dienone is 5. The smallest absolute Gasteiger partial charge is 0.211 e. The normalized spacial score (nSPS) is 20.0. The predicted molar refractivity (Wildman–Crippen MR) is 95.0 cm³/mol. The van der Waals surface area contributed by atoms with Crippen molar-refractivity contribution in [3.8, 4) is 0 Å². The second-order valence-electron chi connectivity index (χ2n) is 7.16. The maximum absolute atomic E-state index is 14.7. The highest BCUT2D eigenvalue weighted by Gasteiger charge is 2.63. The number of hydrogen-bond donors (Lipinski definition) is 0. The Bertz CT molecular complexity index is 820. The first kappa shape index (κ1) is 23.2. The Hall–Kier alpha value is -2.12. The summed E-state index contributed by atoms with van der Waals surface area (Å²) in [6.45, 7) is 5.89. The van der Waals surface area contributed by atoms with Gasteiger partial charge in [0, 0.05) is 24.0 Å². The van der Waals surface area contributed by atoms with Crippen molar-refractivity contribution in [2.75, 3.05) is 0 Å². The Labute approximate surface area is 163 Å². The maximum Gasteiger partial charge on any atom is 0.310 e. The average Bonchev–Trinajstić information content (AvgIpc) is 2.78. The van der Waals surface area contributed by atoms with Crippen LogP contribution in [0.2, 0.25) is 0 Å². The minimum Gasteiger partial charge on any atom is -0.211 e. The first-order chi connectivity index (χ1) is 13.3. The quantitative estimate of drug-likeness (QED) is 0.324. The lowest BCUT2D eigenvalue weighted by molar-refractivity contribution is -0.185. The topological polar surface area (TPSA) is 0 Å². The molecule has 0 bridgehead atoms. The molecule has 1 saturated carbocycles. The summed E-state index contributed by atoms with van der Waals surface area (Å²) in [5.41, 5.74) is -1.86. The molecular weight excluding hydrogens is 404 g/mol. The maximum atomic E-state index is 14.7. The van der Waals surface area contributed by atoms with Crippen LogP contribution in [0, 0.1) is 17.6 Å². The zero-order valence-electron chi connectivity index (χ0n) is 15.9. The van der Waals surface area contributed by atoms with E-state index < -0.39 is 65.0 Å². The third-order valence-corrected chi connectivity index (χ3v) is 4.89. The molecule has 0 atom stereocenters. The van der Waals surface area contributed by atoms with Crippen molar-refractivity contribution in [1.29, 1.82) is 0 Å². The number of halogens is 8. The third kappa shape index (κ3) is 4.73. The Balaban J connectivity index is 2.38. The number of hydrogen-bond acceptors (Lipinski definition) is 0. The van der Waals surface area contributed by atoms with Gasteiger partial charge in [0.15, 0.2) is 0 Å². The lowest BCUT2D eigenvalue weighted by Crippen LogP contribution is -2.33. The van der Waals surface area contributed by atoms with Gasteiger partial charge in [0.05, 0.1) is 0 Å². The van der Waals surface area contributed by atoms with E-state index in [1.165, 1.54) is 0 Å². The van der Waals surface area contributed by atoms with E-state index in [0.717, 1.165) is 19.1 Å². The summed E-state index contributed by atoms with van der Waals surface area (Å²) in [5, 5.41) is 0. The lowest BCUT2D eigenvalue weighted by Gasteiger charge is -2.16. The van der Waals surface area contributed by atoms with Gasteiger partial charge in [0.1, 0.15) is 23.3 Å². The molecule has 0 heterocycles. The first-order valence-corrected chi connectivity index (χ1v) is 8.97. The summed E-state index contributed by atoms with van der Waals surface area (Å²) < 4.78 is 110. The standard InChI is InChI=1S/C21H20F8/c1-4-5-15-16(23)7-13(8-17(15)24)19(12(3)22)18(25)6-11(2)14-9-20(26,27)21(28,29)10-14/h6-8,14H,2,4-5,9-10H2,1,3H3/b18-6+,19-12+. The second kappa shape index (κ2) is 8.32. The van der Waals surface area contributed by atoms with Gasteiger partial charge in [-0.2, -0.15) is 17.6 Å². The highest BCUT2D eigenvalue weighted by Crippen LogP contribution is 2.52. The Morgan fingerprint density at radius 1 is 1.07 bits per heavy atom. The van der Waals surface area contributed by atoms with Crippen LogP contribution in [-0.4, -0.2) is 11.8 Å². The zero-order chi connectivity index (χ0) is 22.1. The zero-order valence-corrected chi connectivity index (χ0v) is 15.9. The summed E-state index contributed by atoms with van der Waals surface area (Å²) in [6, 6.07) is 1.53. The molecule has 0 aromatic heterocycles. The van der Waals surface area contributed by atoms with E-state index in [2.05, 4.69) is 6.58 Å². The van der Waals surface area contributed by atoms with Crippen LogP contribution in [0.3, 0.4) is 0 Å². The largest absolute Gasteiger partial charge is 0.310 e. The van der Waals surface area contributed by atoms with Crippen molar-refractivity contribution < 1.29 is 35.1 Å². The minimum absolute atomic E-state index is 0.0881. The fraction of sp³-hybridized carbons (Fsp3) is 0.429. The molecule has 1 aromatic rings. The van der Waals surface area contributed by atoms with Crippen LogP contribution in [-0.2, 0) is 6.42 Å². The molecule has 0 N–H and O–H groups in total. The van der Waals surface area contributed by atoms with Gasteiger partial charge in [-0.1, -0.05) is 19.9 Å². The van der Waals surface area contributed by atoms with Crippen LogP contribution in [0.4, 0.5) is 35.1 Å². The number of benzene rings is 1. The molecule has 8 heteroatoms. The van der Waals surface area contributed by atoms with Gasteiger partial charge in [-0.25, -0.2) is 17.6 Å². The summed E-state index contributed by atoms with van der Waals surface area (Å²) in [5.74, 6) is -14.4. The molecular formula is C21H20F8. The van der Waals surface area contributed by atoms with Crippen molar-refractivity contribution in [1.82, 2.24) is 0 Å². The average molecular weight is 424 g/mol. The van der Waals surface area contributed by atoms with Crippen LogP contribution >= 0.6 is 0 Å². The van der Waals surface area contributed by atoms with E-state index in [0.29, 0.717) is 12.5 Å². The van der Waals surface area contributed by atoms with E-state index in [4.69, 9.17) is 0 Å². The molecule has 2 rings (SSSR count). The molecule has 0 amide bonds. The van der Waals surface area contributed by atoms with Crippen molar-refractivity contribution >= 4 is 5.57 Å². The molecule has 0 radical (unpaired) electrons. The van der Waals surface area contributed by atoms with Gasteiger partial charge in [0.2, 0.25) is 0 Å². The van der Waals surface area contributed by atoms with Crippen LogP contribution in [0.5, 0.6) is 0 Å². The van der Waals surface area contributed by atoms with E-state index in [1.54, 1.807) is 6.92 Å². The van der Waals surface area contributed by atoms with Crippen LogP contribution in [0.15, 0.2) is 42.0 Å². The lowest BCUT2D eigenvalue weighted by atomic mass is 9.95. The van der Waals surface area contributed by atoms with Gasteiger partial charge >= 0.3 is 11.8 Å². The number of rotatable bonds is 6. The van der Waals surface area contributed by atoms with E-state index in [-0.39, 0.29) is 17.6 Å². The van der Waals surface area contributed by atoms with Gasteiger partial charge in [0.25, 0.3) is 0 Å². The number of alkyl halides is 4. The fourth-order valence-electron chi connectivity index (χ4n) is 3.34. The Morgan fingerprint density at radius 3 is 1.97 bits per heavy atom. The van der Waals surface area contributed by atoms with Gasteiger partial charge < -0.3 is 0 Å². The molecule has 160 valence electrons. The molecule has 0 spiro atoms. The molecule has 0 saturated heterocycles. The van der Waals surface area contributed by atoms with Crippen molar-refractivity contribution in [3.63, 3.8) is 0 Å². The summed E-state index contributed by atoms with van der Waals surface area (Å²) in [6.07, 6.45) is -1.37. The molecule has 1 fully saturated rings. The van der Waals surface area contributed by atoms with E-state index in [1.807, 2.05) is 0 Å². The summed E-state index contributed by atoms with van der Waals surface area (Å²) in [4.78, 5) is 0. The minimum atomic E-state index is -4.26. The summed E-state index contributed by atoms with van der Waals surface area (Å²) in [7, 11) is 0.